The molecule has 4 nitrogen and oxygen atoms in total. The van der Waals surface area contributed by atoms with E-state index in [0.717, 1.165) is 23.1 Å². The van der Waals surface area contributed by atoms with E-state index in [1.165, 1.54) is 5.56 Å². The molecule has 0 saturated carbocycles. The van der Waals surface area contributed by atoms with Gasteiger partial charge in [-0.25, -0.2) is 4.98 Å². The van der Waals surface area contributed by atoms with E-state index in [2.05, 4.69) is 51.6 Å². The lowest BCUT2D eigenvalue weighted by molar-refractivity contribution is 0.240. The zero-order valence-corrected chi connectivity index (χ0v) is 12.8. The van der Waals surface area contributed by atoms with E-state index in [-0.39, 0.29) is 6.04 Å². The second-order valence-corrected chi connectivity index (χ2v) is 5.79. The van der Waals surface area contributed by atoms with Gasteiger partial charge in [-0.1, -0.05) is 24.3 Å². The van der Waals surface area contributed by atoms with Crippen LogP contribution >= 0.6 is 11.3 Å². The highest BCUT2D eigenvalue weighted by molar-refractivity contribution is 7.07. The minimum atomic E-state index is 0.130. The number of fused-ring (bicyclic) bond motifs is 1. The summed E-state index contributed by atoms with van der Waals surface area (Å²) in [7, 11) is 2.08. The summed E-state index contributed by atoms with van der Waals surface area (Å²) in [6.07, 6.45) is 1.83. The lowest BCUT2D eigenvalue weighted by atomic mass is 10.0. The summed E-state index contributed by atoms with van der Waals surface area (Å²) in [4.78, 5) is 11.1. The number of hydrogen-bond acceptors (Lipinski definition) is 5. The smallest absolute Gasteiger partial charge is 0.0795 e. The molecule has 0 amide bonds. The van der Waals surface area contributed by atoms with Crippen molar-refractivity contribution in [3.8, 4) is 0 Å². The fourth-order valence-electron chi connectivity index (χ4n) is 2.62. The Balaban J connectivity index is 1.94. The van der Waals surface area contributed by atoms with Gasteiger partial charge in [0.15, 0.2) is 0 Å². The van der Waals surface area contributed by atoms with Gasteiger partial charge in [0.25, 0.3) is 0 Å². The zero-order valence-electron chi connectivity index (χ0n) is 11.9. The van der Waals surface area contributed by atoms with E-state index in [4.69, 9.17) is 5.73 Å². The third-order valence-corrected chi connectivity index (χ3v) is 4.31. The zero-order chi connectivity index (χ0) is 14.7. The van der Waals surface area contributed by atoms with E-state index in [1.807, 2.05) is 17.8 Å². The van der Waals surface area contributed by atoms with Gasteiger partial charge in [-0.3, -0.25) is 9.88 Å². The third-order valence-electron chi connectivity index (χ3n) is 3.67. The van der Waals surface area contributed by atoms with E-state index >= 15 is 0 Å². The highest BCUT2D eigenvalue weighted by Gasteiger charge is 2.19. The molecule has 2 heterocycles. The van der Waals surface area contributed by atoms with Gasteiger partial charge in [-0.2, -0.15) is 0 Å². The molecule has 3 aromatic rings. The normalized spacial score (nSPS) is 12.9. The van der Waals surface area contributed by atoms with Crippen LogP contribution in [0.15, 0.2) is 47.4 Å². The largest absolute Gasteiger partial charge is 0.329 e. The number of thiazole rings is 1. The number of pyridine rings is 1. The Kier molecular flexibility index (Phi) is 4.24. The number of benzene rings is 1. The lowest BCUT2D eigenvalue weighted by Gasteiger charge is -2.27. The fraction of sp³-hybridized carbons (Fsp3) is 0.250. The molecular formula is C16H18N4S. The van der Waals surface area contributed by atoms with E-state index in [9.17, 15) is 0 Å². The van der Waals surface area contributed by atoms with Crippen molar-refractivity contribution in [2.45, 2.75) is 12.6 Å². The van der Waals surface area contributed by atoms with Crippen molar-refractivity contribution in [2.24, 2.45) is 5.73 Å². The summed E-state index contributed by atoms with van der Waals surface area (Å²) in [6.45, 7) is 1.34. The number of nitrogens with two attached hydrogens (primary N) is 1. The molecular weight excluding hydrogens is 280 g/mol. The molecule has 108 valence electrons. The summed E-state index contributed by atoms with van der Waals surface area (Å²) in [5.74, 6) is 0. The highest BCUT2D eigenvalue weighted by Crippen LogP contribution is 2.26. The third kappa shape index (κ3) is 2.95. The Labute approximate surface area is 128 Å². The average molecular weight is 298 g/mol. The predicted molar refractivity (Wildman–Crippen MR) is 87.1 cm³/mol. The van der Waals surface area contributed by atoms with Crippen molar-refractivity contribution in [1.82, 2.24) is 14.9 Å². The molecule has 2 N–H and O–H groups in total. The molecule has 2 aromatic heterocycles. The molecule has 0 aliphatic rings. The maximum Gasteiger partial charge on any atom is 0.0795 e. The van der Waals surface area contributed by atoms with Crippen LogP contribution < -0.4 is 5.73 Å². The molecule has 1 aromatic carbocycles. The van der Waals surface area contributed by atoms with Gasteiger partial charge >= 0.3 is 0 Å². The molecule has 0 bridgehead atoms. The van der Waals surface area contributed by atoms with Crippen LogP contribution in [0.5, 0.6) is 0 Å². The maximum absolute atomic E-state index is 6.04. The summed E-state index contributed by atoms with van der Waals surface area (Å²) < 4.78 is 0. The average Bonchev–Trinajstić information content (AvgIpc) is 3.01. The van der Waals surface area contributed by atoms with Crippen molar-refractivity contribution in [3.63, 3.8) is 0 Å². The summed E-state index contributed by atoms with van der Waals surface area (Å²) in [5, 5.41) is 3.22. The van der Waals surface area contributed by atoms with Crippen molar-refractivity contribution in [2.75, 3.05) is 13.6 Å². The standard InChI is InChI=1S/C16H18N4S/c1-20(9-13-10-21-11-19-13)15(8-17)14-6-2-4-12-5-3-7-18-16(12)14/h2-7,10-11,15H,8-9,17H2,1H3. The second-order valence-electron chi connectivity index (χ2n) is 5.07. The number of nitrogens with zero attached hydrogens (tertiary/aromatic N) is 3. The summed E-state index contributed by atoms with van der Waals surface area (Å²) in [6, 6.07) is 10.4. The van der Waals surface area contributed by atoms with Crippen molar-refractivity contribution in [3.05, 3.63) is 58.7 Å². The van der Waals surface area contributed by atoms with E-state index in [0.29, 0.717) is 6.54 Å². The van der Waals surface area contributed by atoms with Crippen LogP contribution in [-0.2, 0) is 6.54 Å². The Bertz CT molecular complexity index is 706. The predicted octanol–water partition coefficient (Wildman–Crippen LogP) is 2.82. The molecule has 0 radical (unpaired) electrons. The number of hydrogen-bond donors (Lipinski definition) is 1. The quantitative estimate of drug-likeness (QED) is 0.787. The monoisotopic (exact) mass is 298 g/mol. The van der Waals surface area contributed by atoms with Crippen LogP contribution in [-0.4, -0.2) is 28.5 Å². The van der Waals surface area contributed by atoms with Crippen LogP contribution in [0.1, 0.15) is 17.3 Å². The first-order valence-electron chi connectivity index (χ1n) is 6.90. The van der Waals surface area contributed by atoms with Crippen LogP contribution in [0.2, 0.25) is 0 Å². The number of aromatic nitrogens is 2. The van der Waals surface area contributed by atoms with Crippen molar-refractivity contribution < 1.29 is 0 Å². The van der Waals surface area contributed by atoms with Crippen LogP contribution in [0, 0.1) is 0 Å². The Morgan fingerprint density at radius 1 is 1.24 bits per heavy atom. The molecule has 1 unspecified atom stereocenters. The van der Waals surface area contributed by atoms with E-state index in [1.54, 1.807) is 11.3 Å². The van der Waals surface area contributed by atoms with Crippen molar-refractivity contribution >= 4 is 22.2 Å². The highest BCUT2D eigenvalue weighted by atomic mass is 32.1. The van der Waals surface area contributed by atoms with Gasteiger partial charge in [0.1, 0.15) is 0 Å². The van der Waals surface area contributed by atoms with Crippen molar-refractivity contribution in [1.29, 1.82) is 0 Å². The maximum atomic E-state index is 6.04. The minimum absolute atomic E-state index is 0.130. The fourth-order valence-corrected chi connectivity index (χ4v) is 3.17. The minimum Gasteiger partial charge on any atom is -0.329 e. The number of likely N-dealkylation sites (N-methyl/N-ethyl adjacent to an activating group) is 1. The van der Waals surface area contributed by atoms with Gasteiger partial charge in [-0.15, -0.1) is 11.3 Å². The number of para-hydroxylation sites is 1. The molecule has 0 saturated heterocycles. The molecule has 21 heavy (non-hydrogen) atoms. The summed E-state index contributed by atoms with van der Waals surface area (Å²) >= 11 is 1.62. The molecule has 0 aliphatic carbocycles. The Morgan fingerprint density at radius 2 is 2.10 bits per heavy atom. The van der Waals surface area contributed by atoms with Crippen LogP contribution in [0.3, 0.4) is 0 Å². The molecule has 5 heteroatoms. The van der Waals surface area contributed by atoms with Crippen LogP contribution in [0.25, 0.3) is 10.9 Å². The second kappa shape index (κ2) is 6.30. The topological polar surface area (TPSA) is 55.0 Å². The first-order chi connectivity index (χ1) is 10.3. The lowest BCUT2D eigenvalue weighted by Crippen LogP contribution is -2.30. The van der Waals surface area contributed by atoms with Crippen LogP contribution in [0.4, 0.5) is 0 Å². The van der Waals surface area contributed by atoms with Gasteiger partial charge in [-0.05, 0) is 18.7 Å². The van der Waals surface area contributed by atoms with Gasteiger partial charge in [0.2, 0.25) is 0 Å². The molecule has 1 atom stereocenters. The summed E-state index contributed by atoms with van der Waals surface area (Å²) in [5.41, 5.74) is 11.2. The van der Waals surface area contributed by atoms with E-state index < -0.39 is 0 Å². The Hall–Kier alpha value is -1.82. The van der Waals surface area contributed by atoms with Gasteiger partial charge in [0, 0.05) is 36.1 Å². The SMILES string of the molecule is CN(Cc1cscn1)C(CN)c1cccc2cccnc12. The molecule has 0 fully saturated rings. The Morgan fingerprint density at radius 3 is 2.86 bits per heavy atom. The molecule has 0 spiro atoms. The number of rotatable bonds is 5. The first kappa shape index (κ1) is 14.1. The van der Waals surface area contributed by atoms with Gasteiger partial charge < -0.3 is 5.73 Å². The molecule has 3 rings (SSSR count). The first-order valence-corrected chi connectivity index (χ1v) is 7.85. The molecule has 0 aliphatic heterocycles. The van der Waals surface area contributed by atoms with Gasteiger partial charge in [0.05, 0.1) is 16.7 Å².